The molecule has 0 spiro atoms. The SMILES string of the molecule is Cc1ccc2nc(NC(=O)CSc3ccc(NC(=O)/C=C/c4ccccc4)cc3)sc2c1. The van der Waals surface area contributed by atoms with Crippen LogP contribution in [0.5, 0.6) is 0 Å². The molecule has 1 aromatic heterocycles. The smallest absolute Gasteiger partial charge is 0.248 e. The minimum atomic E-state index is -0.195. The number of carbonyl (C=O) groups is 2. The summed E-state index contributed by atoms with van der Waals surface area (Å²) in [6.07, 6.45) is 3.27. The molecule has 3 aromatic carbocycles. The number of thiazole rings is 1. The van der Waals surface area contributed by atoms with E-state index in [2.05, 4.69) is 21.7 Å². The fourth-order valence-corrected chi connectivity index (χ4v) is 4.62. The molecule has 7 heteroatoms. The van der Waals surface area contributed by atoms with Gasteiger partial charge in [-0.05, 0) is 60.5 Å². The van der Waals surface area contributed by atoms with Crippen molar-refractivity contribution in [1.29, 1.82) is 0 Å². The molecule has 0 unspecified atom stereocenters. The molecule has 2 N–H and O–H groups in total. The molecule has 2 amide bonds. The first-order valence-electron chi connectivity index (χ1n) is 9.99. The molecule has 0 aliphatic rings. The highest BCUT2D eigenvalue weighted by atomic mass is 32.2. The van der Waals surface area contributed by atoms with Gasteiger partial charge in [-0.2, -0.15) is 0 Å². The Kier molecular flexibility index (Phi) is 6.99. The van der Waals surface area contributed by atoms with Gasteiger partial charge >= 0.3 is 0 Å². The van der Waals surface area contributed by atoms with Crippen molar-refractivity contribution in [2.75, 3.05) is 16.4 Å². The molecular formula is C25H21N3O2S2. The van der Waals surface area contributed by atoms with E-state index in [0.717, 1.165) is 20.7 Å². The Morgan fingerprint density at radius 3 is 2.56 bits per heavy atom. The molecule has 0 radical (unpaired) electrons. The molecule has 0 saturated heterocycles. The van der Waals surface area contributed by atoms with Crippen molar-refractivity contribution < 1.29 is 9.59 Å². The number of aryl methyl sites for hydroxylation is 1. The van der Waals surface area contributed by atoms with Gasteiger partial charge in [-0.25, -0.2) is 4.98 Å². The number of nitrogens with zero attached hydrogens (tertiary/aromatic N) is 1. The Hall–Kier alpha value is -3.42. The zero-order valence-electron chi connectivity index (χ0n) is 17.4. The van der Waals surface area contributed by atoms with Crippen LogP contribution >= 0.6 is 23.1 Å². The van der Waals surface area contributed by atoms with Crippen molar-refractivity contribution >= 4 is 62.0 Å². The number of fused-ring (bicyclic) bond motifs is 1. The standard InChI is InChI=1S/C25H21N3O2S2/c1-17-7-13-21-22(15-17)32-25(27-21)28-24(30)16-31-20-11-9-19(10-12-20)26-23(29)14-8-18-5-3-2-4-6-18/h2-15H,16H2,1H3,(H,26,29)(H,27,28,30)/b14-8+. The van der Waals surface area contributed by atoms with Crippen LogP contribution in [-0.2, 0) is 9.59 Å². The number of benzene rings is 3. The molecule has 0 saturated carbocycles. The number of thioether (sulfide) groups is 1. The molecule has 4 rings (SSSR count). The topological polar surface area (TPSA) is 71.1 Å². The summed E-state index contributed by atoms with van der Waals surface area (Å²) >= 11 is 2.90. The van der Waals surface area contributed by atoms with Gasteiger partial charge in [-0.1, -0.05) is 47.7 Å². The highest BCUT2D eigenvalue weighted by molar-refractivity contribution is 8.00. The predicted molar refractivity (Wildman–Crippen MR) is 134 cm³/mol. The number of amides is 2. The zero-order valence-corrected chi connectivity index (χ0v) is 19.0. The number of rotatable bonds is 7. The number of anilines is 2. The van der Waals surface area contributed by atoms with Crippen LogP contribution in [0.25, 0.3) is 16.3 Å². The second kappa shape index (κ2) is 10.3. The third kappa shape index (κ3) is 6.06. The van der Waals surface area contributed by atoms with Gasteiger partial charge in [0.25, 0.3) is 0 Å². The second-order valence-corrected chi connectivity index (χ2v) is 9.16. The van der Waals surface area contributed by atoms with Crippen LogP contribution in [0, 0.1) is 6.92 Å². The summed E-state index contributed by atoms with van der Waals surface area (Å²) in [4.78, 5) is 29.8. The van der Waals surface area contributed by atoms with E-state index in [1.807, 2.05) is 73.7 Å². The van der Waals surface area contributed by atoms with Crippen molar-refractivity contribution in [1.82, 2.24) is 4.98 Å². The average Bonchev–Trinajstić information content (AvgIpc) is 3.19. The van der Waals surface area contributed by atoms with Crippen LogP contribution in [0.4, 0.5) is 10.8 Å². The van der Waals surface area contributed by atoms with E-state index < -0.39 is 0 Å². The van der Waals surface area contributed by atoms with E-state index >= 15 is 0 Å². The maximum absolute atomic E-state index is 12.3. The zero-order chi connectivity index (χ0) is 22.3. The van der Waals surface area contributed by atoms with Crippen molar-refractivity contribution in [2.24, 2.45) is 0 Å². The molecule has 5 nitrogen and oxygen atoms in total. The first-order chi connectivity index (χ1) is 15.5. The van der Waals surface area contributed by atoms with Gasteiger partial charge in [0.05, 0.1) is 16.0 Å². The van der Waals surface area contributed by atoms with Crippen molar-refractivity contribution in [3.8, 4) is 0 Å². The van der Waals surface area contributed by atoms with E-state index in [-0.39, 0.29) is 17.6 Å². The highest BCUT2D eigenvalue weighted by Crippen LogP contribution is 2.27. The Balaban J connectivity index is 1.26. The minimum absolute atomic E-state index is 0.103. The summed E-state index contributed by atoms with van der Waals surface area (Å²) in [5.41, 5.74) is 3.72. The third-order valence-corrected chi connectivity index (χ3v) is 6.45. The van der Waals surface area contributed by atoms with E-state index in [4.69, 9.17) is 0 Å². The van der Waals surface area contributed by atoms with Gasteiger partial charge in [0, 0.05) is 16.7 Å². The molecule has 160 valence electrons. The van der Waals surface area contributed by atoms with Gasteiger partial charge in [0.1, 0.15) is 0 Å². The summed E-state index contributed by atoms with van der Waals surface area (Å²) in [7, 11) is 0. The minimum Gasteiger partial charge on any atom is -0.323 e. The molecule has 0 bridgehead atoms. The number of hydrogen-bond acceptors (Lipinski definition) is 5. The average molecular weight is 460 g/mol. The molecule has 0 fully saturated rings. The van der Waals surface area contributed by atoms with Crippen LogP contribution in [0.15, 0.2) is 83.8 Å². The van der Waals surface area contributed by atoms with E-state index in [0.29, 0.717) is 10.8 Å². The van der Waals surface area contributed by atoms with Gasteiger partial charge < -0.3 is 10.6 Å². The lowest BCUT2D eigenvalue weighted by Crippen LogP contribution is -2.13. The van der Waals surface area contributed by atoms with E-state index in [1.165, 1.54) is 34.7 Å². The fraction of sp³-hybridized carbons (Fsp3) is 0.0800. The fourth-order valence-electron chi connectivity index (χ4n) is 2.94. The molecule has 4 aromatic rings. The Morgan fingerprint density at radius 1 is 1.00 bits per heavy atom. The van der Waals surface area contributed by atoms with Crippen molar-refractivity contribution in [3.05, 3.63) is 90.0 Å². The predicted octanol–water partition coefficient (Wildman–Crippen LogP) is 5.99. The molecule has 32 heavy (non-hydrogen) atoms. The first kappa shape index (κ1) is 21.8. The summed E-state index contributed by atoms with van der Waals surface area (Å²) < 4.78 is 1.06. The lowest BCUT2D eigenvalue weighted by Gasteiger charge is -2.05. The Bertz CT molecular complexity index is 1270. The number of nitrogens with one attached hydrogen (secondary N) is 2. The van der Waals surface area contributed by atoms with Crippen LogP contribution in [-0.4, -0.2) is 22.6 Å². The number of hydrogen-bond donors (Lipinski definition) is 2. The van der Waals surface area contributed by atoms with Crippen LogP contribution in [0.3, 0.4) is 0 Å². The molecule has 0 atom stereocenters. The maximum atomic E-state index is 12.3. The van der Waals surface area contributed by atoms with E-state index in [1.54, 1.807) is 6.08 Å². The van der Waals surface area contributed by atoms with Gasteiger partial charge in [0.2, 0.25) is 11.8 Å². The van der Waals surface area contributed by atoms with Gasteiger partial charge in [-0.15, -0.1) is 11.8 Å². The summed E-state index contributed by atoms with van der Waals surface area (Å²) in [6, 6.07) is 23.1. The summed E-state index contributed by atoms with van der Waals surface area (Å²) in [6.45, 7) is 2.03. The lowest BCUT2D eigenvalue weighted by atomic mass is 10.2. The van der Waals surface area contributed by atoms with Crippen LogP contribution < -0.4 is 10.6 Å². The highest BCUT2D eigenvalue weighted by Gasteiger charge is 2.09. The number of carbonyl (C=O) groups excluding carboxylic acids is 2. The van der Waals surface area contributed by atoms with Gasteiger partial charge in [0.15, 0.2) is 5.13 Å². The second-order valence-electron chi connectivity index (χ2n) is 7.08. The van der Waals surface area contributed by atoms with Gasteiger partial charge in [-0.3, -0.25) is 9.59 Å². The van der Waals surface area contributed by atoms with Crippen molar-refractivity contribution in [2.45, 2.75) is 11.8 Å². The summed E-state index contributed by atoms with van der Waals surface area (Å²) in [5, 5.41) is 6.31. The number of aromatic nitrogens is 1. The quantitative estimate of drug-likeness (QED) is 0.263. The van der Waals surface area contributed by atoms with Crippen molar-refractivity contribution in [3.63, 3.8) is 0 Å². The normalized spacial score (nSPS) is 11.0. The van der Waals surface area contributed by atoms with Crippen LogP contribution in [0.2, 0.25) is 0 Å². The monoisotopic (exact) mass is 459 g/mol. The molecule has 0 aliphatic heterocycles. The Labute approximate surface area is 194 Å². The summed E-state index contributed by atoms with van der Waals surface area (Å²) in [5.74, 6) is -0.0191. The Morgan fingerprint density at radius 2 is 1.78 bits per heavy atom. The molecular weight excluding hydrogens is 438 g/mol. The first-order valence-corrected chi connectivity index (χ1v) is 11.8. The van der Waals surface area contributed by atoms with E-state index in [9.17, 15) is 9.59 Å². The van der Waals surface area contributed by atoms with Crippen LogP contribution in [0.1, 0.15) is 11.1 Å². The molecule has 1 heterocycles. The largest absolute Gasteiger partial charge is 0.323 e. The third-order valence-electron chi connectivity index (χ3n) is 4.51. The molecule has 0 aliphatic carbocycles. The lowest BCUT2D eigenvalue weighted by molar-refractivity contribution is -0.114. The maximum Gasteiger partial charge on any atom is 0.248 e.